The first-order chi connectivity index (χ1) is 9.17. The Morgan fingerprint density at radius 3 is 2.63 bits per heavy atom. The third-order valence-electron chi connectivity index (χ3n) is 2.57. The minimum absolute atomic E-state index is 0.0208. The van der Waals surface area contributed by atoms with Crippen molar-refractivity contribution in [2.75, 3.05) is 6.61 Å². The number of rotatable bonds is 4. The maximum absolute atomic E-state index is 14.0. The molecule has 0 spiro atoms. The predicted molar refractivity (Wildman–Crippen MR) is 74.6 cm³/mol. The van der Waals surface area contributed by atoms with E-state index in [1.54, 1.807) is 13.0 Å². The molecule has 0 aliphatic heterocycles. The van der Waals surface area contributed by atoms with Gasteiger partial charge in [0, 0.05) is 0 Å². The monoisotopic (exact) mass is 328 g/mol. The van der Waals surface area contributed by atoms with E-state index in [-0.39, 0.29) is 20.3 Å². The summed E-state index contributed by atoms with van der Waals surface area (Å²) < 4.78 is 34.9. The van der Waals surface area contributed by atoms with Crippen molar-refractivity contribution in [3.05, 3.63) is 46.4 Å². The van der Waals surface area contributed by atoms with Crippen molar-refractivity contribution in [3.8, 4) is 15.8 Å². The minimum atomic E-state index is -0.907. The molecule has 0 saturated carbocycles. The van der Waals surface area contributed by atoms with Crippen LogP contribution in [-0.4, -0.2) is 21.1 Å². The summed E-state index contributed by atoms with van der Waals surface area (Å²) in [4.78, 5) is 0. The van der Waals surface area contributed by atoms with Crippen LogP contribution in [0.1, 0.15) is 18.3 Å². The Labute approximate surface area is 117 Å². The molecule has 100 valence electrons. The van der Waals surface area contributed by atoms with Crippen LogP contribution in [0.15, 0.2) is 30.3 Å². The number of halogens is 2. The van der Waals surface area contributed by atoms with Gasteiger partial charge >= 0.3 is 117 Å². The third-order valence-corrected chi connectivity index (χ3v) is 4.84. The summed E-state index contributed by atoms with van der Waals surface area (Å²) in [5.41, 5.74) is 0.330. The molecule has 0 N–H and O–H groups in total. The van der Waals surface area contributed by atoms with Crippen molar-refractivity contribution < 1.29 is 13.5 Å². The second-order valence-electron chi connectivity index (χ2n) is 3.87. The van der Waals surface area contributed by atoms with Crippen molar-refractivity contribution >= 4 is 20.6 Å². The Hall–Kier alpha value is -1.38. The van der Waals surface area contributed by atoms with Crippen molar-refractivity contribution in [1.29, 1.82) is 0 Å². The van der Waals surface area contributed by atoms with E-state index in [0.717, 1.165) is 8.87 Å². The molecule has 1 nitrogen and oxygen atoms in total. The van der Waals surface area contributed by atoms with Crippen molar-refractivity contribution in [2.45, 2.75) is 13.8 Å². The van der Waals surface area contributed by atoms with Crippen LogP contribution in [0.3, 0.4) is 0 Å². The second kappa shape index (κ2) is 6.18. The molecule has 2 aromatic rings. The standard InChI is InChI=1S/C15H14F2OSe/c1-3-5-10-6-9-13(19-10)11-7-8-12(18-4-2)15(17)14(11)16/h3,5-9H,4H2,1-2H3/b5-3+. The van der Waals surface area contributed by atoms with E-state index in [0.29, 0.717) is 12.2 Å². The van der Waals surface area contributed by atoms with Gasteiger partial charge in [-0.2, -0.15) is 0 Å². The molecule has 2 rings (SSSR count). The van der Waals surface area contributed by atoms with E-state index in [4.69, 9.17) is 4.74 Å². The van der Waals surface area contributed by atoms with Gasteiger partial charge in [-0.05, 0) is 0 Å². The summed E-state index contributed by atoms with van der Waals surface area (Å²) in [6.45, 7) is 3.99. The molecule has 1 aromatic heterocycles. The first-order valence-corrected chi connectivity index (χ1v) is 7.72. The zero-order valence-electron chi connectivity index (χ0n) is 10.7. The van der Waals surface area contributed by atoms with E-state index in [1.165, 1.54) is 6.07 Å². The average Bonchev–Trinajstić information content (AvgIpc) is 2.84. The Bertz CT molecular complexity index is 602. The number of ether oxygens (including phenoxy) is 1. The van der Waals surface area contributed by atoms with Crippen LogP contribution >= 0.6 is 0 Å². The van der Waals surface area contributed by atoms with Crippen LogP contribution in [0, 0.1) is 11.6 Å². The second-order valence-corrected chi connectivity index (χ2v) is 6.21. The van der Waals surface area contributed by atoms with E-state index < -0.39 is 11.6 Å². The summed E-state index contributed by atoms with van der Waals surface area (Å²) in [6, 6.07) is 6.88. The third kappa shape index (κ3) is 2.96. The first-order valence-electron chi connectivity index (χ1n) is 6.01. The van der Waals surface area contributed by atoms with Gasteiger partial charge in [0.15, 0.2) is 0 Å². The fourth-order valence-electron chi connectivity index (χ4n) is 1.74. The summed E-state index contributed by atoms with van der Waals surface area (Å²) in [7, 11) is 0. The van der Waals surface area contributed by atoms with Gasteiger partial charge in [-0.15, -0.1) is 0 Å². The number of hydrogen-bond donors (Lipinski definition) is 0. The average molecular weight is 327 g/mol. The molecule has 19 heavy (non-hydrogen) atoms. The normalized spacial score (nSPS) is 11.2. The quantitative estimate of drug-likeness (QED) is 0.768. The van der Waals surface area contributed by atoms with Gasteiger partial charge < -0.3 is 0 Å². The Kier molecular flexibility index (Phi) is 4.56. The van der Waals surface area contributed by atoms with E-state index in [1.807, 2.05) is 31.2 Å². The molecular formula is C15H14F2OSe. The Morgan fingerprint density at radius 2 is 1.95 bits per heavy atom. The molecule has 1 aromatic carbocycles. The molecule has 0 amide bonds. The molecular weight excluding hydrogens is 313 g/mol. The molecule has 0 aliphatic carbocycles. The van der Waals surface area contributed by atoms with Gasteiger partial charge in [-0.1, -0.05) is 0 Å². The zero-order chi connectivity index (χ0) is 13.8. The van der Waals surface area contributed by atoms with E-state index in [9.17, 15) is 8.78 Å². The van der Waals surface area contributed by atoms with Crippen LogP contribution in [0.2, 0.25) is 0 Å². The number of benzene rings is 1. The van der Waals surface area contributed by atoms with Gasteiger partial charge in [0.1, 0.15) is 0 Å². The van der Waals surface area contributed by atoms with Crippen LogP contribution in [0.25, 0.3) is 16.1 Å². The molecule has 0 radical (unpaired) electrons. The molecule has 4 heteroatoms. The van der Waals surface area contributed by atoms with E-state index >= 15 is 0 Å². The predicted octanol–water partition coefficient (Wildman–Crippen LogP) is 4.12. The topological polar surface area (TPSA) is 9.23 Å². The fourth-order valence-corrected chi connectivity index (χ4v) is 3.83. The SMILES string of the molecule is C/C=C/c1ccc(-c2ccc(OCC)c(F)c2F)[se]1. The summed E-state index contributed by atoms with van der Waals surface area (Å²) in [5.74, 6) is -1.76. The Balaban J connectivity index is 2.42. The van der Waals surface area contributed by atoms with Crippen LogP contribution in [-0.2, 0) is 0 Å². The molecule has 0 aliphatic rings. The van der Waals surface area contributed by atoms with Crippen molar-refractivity contribution in [2.24, 2.45) is 0 Å². The first kappa shape index (κ1) is 14.0. The fraction of sp³-hybridized carbons (Fsp3) is 0.200. The molecule has 0 fully saturated rings. The van der Waals surface area contributed by atoms with Gasteiger partial charge in [-0.3, -0.25) is 0 Å². The summed E-state index contributed by atoms with van der Waals surface area (Å²) in [6.07, 6.45) is 3.94. The van der Waals surface area contributed by atoms with E-state index in [2.05, 4.69) is 0 Å². The maximum atomic E-state index is 14.0. The molecule has 1 heterocycles. The van der Waals surface area contributed by atoms with Crippen LogP contribution in [0.4, 0.5) is 8.78 Å². The van der Waals surface area contributed by atoms with Gasteiger partial charge in [0.2, 0.25) is 0 Å². The molecule has 0 saturated heterocycles. The van der Waals surface area contributed by atoms with Crippen LogP contribution < -0.4 is 4.74 Å². The van der Waals surface area contributed by atoms with Gasteiger partial charge in [0.25, 0.3) is 0 Å². The molecule has 0 atom stereocenters. The molecule has 0 unspecified atom stereocenters. The van der Waals surface area contributed by atoms with Crippen molar-refractivity contribution in [1.82, 2.24) is 0 Å². The van der Waals surface area contributed by atoms with Crippen LogP contribution in [0.5, 0.6) is 5.75 Å². The van der Waals surface area contributed by atoms with Gasteiger partial charge in [-0.25, -0.2) is 0 Å². The summed E-state index contributed by atoms with van der Waals surface area (Å²) in [5, 5.41) is 0. The number of hydrogen-bond acceptors (Lipinski definition) is 1. The number of allylic oxidation sites excluding steroid dienone is 1. The molecule has 0 bridgehead atoms. The zero-order valence-corrected chi connectivity index (χ0v) is 12.5. The Morgan fingerprint density at radius 1 is 1.16 bits per heavy atom. The van der Waals surface area contributed by atoms with Gasteiger partial charge in [0.05, 0.1) is 0 Å². The summed E-state index contributed by atoms with van der Waals surface area (Å²) >= 11 is 0.0208. The van der Waals surface area contributed by atoms with Crippen molar-refractivity contribution in [3.63, 3.8) is 0 Å².